The molecule has 1 N–H and O–H groups in total. The third-order valence-corrected chi connectivity index (χ3v) is 3.72. The average Bonchev–Trinajstić information content (AvgIpc) is 2.74. The van der Waals surface area contributed by atoms with Crippen molar-refractivity contribution in [3.8, 4) is 0 Å². The fraction of sp³-hybridized carbons (Fsp3) is 0.0625. The van der Waals surface area contributed by atoms with Gasteiger partial charge in [0.1, 0.15) is 0 Å². The molecule has 0 aromatic heterocycles. The normalized spacial score (nSPS) is 17.5. The van der Waals surface area contributed by atoms with Crippen LogP contribution in [0.5, 0.6) is 0 Å². The van der Waals surface area contributed by atoms with Gasteiger partial charge in [-0.25, -0.2) is 0 Å². The zero-order valence-corrected chi connectivity index (χ0v) is 11.7. The zero-order chi connectivity index (χ0) is 13.2. The van der Waals surface area contributed by atoms with E-state index >= 15 is 0 Å². The third kappa shape index (κ3) is 2.47. The van der Waals surface area contributed by atoms with E-state index in [0.717, 1.165) is 21.3 Å². The van der Waals surface area contributed by atoms with E-state index in [0.29, 0.717) is 0 Å². The van der Waals surface area contributed by atoms with E-state index in [4.69, 9.17) is 0 Å². The van der Waals surface area contributed by atoms with Crippen molar-refractivity contribution in [2.45, 2.75) is 5.92 Å². The lowest BCUT2D eigenvalue weighted by atomic mass is 9.99. The van der Waals surface area contributed by atoms with Crippen molar-refractivity contribution in [1.29, 1.82) is 0 Å². The molecule has 2 nitrogen and oxygen atoms in total. The van der Waals surface area contributed by atoms with Crippen LogP contribution >= 0.6 is 15.9 Å². The van der Waals surface area contributed by atoms with Crippen molar-refractivity contribution in [2.75, 3.05) is 5.32 Å². The molecule has 2 aromatic carbocycles. The van der Waals surface area contributed by atoms with E-state index < -0.39 is 0 Å². The first-order chi connectivity index (χ1) is 9.24. The highest BCUT2D eigenvalue weighted by atomic mass is 79.9. The minimum Gasteiger partial charge on any atom is -0.325 e. The van der Waals surface area contributed by atoms with E-state index in [-0.39, 0.29) is 11.8 Å². The van der Waals surface area contributed by atoms with Crippen LogP contribution in [0.3, 0.4) is 0 Å². The highest BCUT2D eigenvalue weighted by molar-refractivity contribution is 9.10. The van der Waals surface area contributed by atoms with Crippen molar-refractivity contribution in [2.24, 2.45) is 0 Å². The van der Waals surface area contributed by atoms with E-state index in [1.807, 2.05) is 60.7 Å². The van der Waals surface area contributed by atoms with Crippen LogP contribution in [0.2, 0.25) is 0 Å². The molecule has 3 rings (SSSR count). The highest BCUT2D eigenvalue weighted by Gasteiger charge is 2.27. The topological polar surface area (TPSA) is 29.1 Å². The maximum atomic E-state index is 11.9. The Kier molecular flexibility index (Phi) is 3.22. The van der Waals surface area contributed by atoms with Gasteiger partial charge in [0, 0.05) is 10.2 Å². The summed E-state index contributed by atoms with van der Waals surface area (Å²) in [6.07, 6.45) is 3.93. The van der Waals surface area contributed by atoms with Gasteiger partial charge in [-0.2, -0.15) is 0 Å². The molecule has 0 saturated heterocycles. The first-order valence-corrected chi connectivity index (χ1v) is 6.87. The quantitative estimate of drug-likeness (QED) is 0.884. The minimum absolute atomic E-state index is 0.0366. The van der Waals surface area contributed by atoms with Crippen LogP contribution in [0, 0.1) is 0 Å². The van der Waals surface area contributed by atoms with Gasteiger partial charge in [-0.3, -0.25) is 4.79 Å². The summed E-state index contributed by atoms with van der Waals surface area (Å²) < 4.78 is 1.05. The molecule has 94 valence electrons. The Morgan fingerprint density at radius 3 is 2.58 bits per heavy atom. The van der Waals surface area contributed by atoms with Crippen LogP contribution in [-0.2, 0) is 4.79 Å². The van der Waals surface area contributed by atoms with Crippen molar-refractivity contribution in [1.82, 2.24) is 0 Å². The molecule has 1 aliphatic rings. The van der Waals surface area contributed by atoms with Crippen LogP contribution in [0.4, 0.5) is 5.69 Å². The number of halogens is 1. The summed E-state index contributed by atoms with van der Waals surface area (Å²) in [5.41, 5.74) is 3.04. The highest BCUT2D eigenvalue weighted by Crippen LogP contribution is 2.33. The smallest absolute Gasteiger partial charge is 0.235 e. The molecule has 0 saturated carbocycles. The molecular weight excluding hydrogens is 302 g/mol. The van der Waals surface area contributed by atoms with Crippen molar-refractivity contribution < 1.29 is 4.79 Å². The first kappa shape index (κ1) is 12.2. The van der Waals surface area contributed by atoms with Gasteiger partial charge in [0.15, 0.2) is 0 Å². The molecule has 0 bridgehead atoms. The number of benzene rings is 2. The molecule has 0 fully saturated rings. The van der Waals surface area contributed by atoms with Crippen molar-refractivity contribution in [3.63, 3.8) is 0 Å². The Morgan fingerprint density at radius 1 is 1.05 bits per heavy atom. The summed E-state index contributed by atoms with van der Waals surface area (Å²) in [5, 5.41) is 2.90. The van der Waals surface area contributed by atoms with Crippen LogP contribution in [-0.4, -0.2) is 5.91 Å². The Hall–Kier alpha value is -1.87. The van der Waals surface area contributed by atoms with Gasteiger partial charge >= 0.3 is 0 Å². The average molecular weight is 314 g/mol. The standard InChI is InChI=1S/C16H12BrNO/c17-12-8-5-11(6-9-12)7-10-14-13-3-1-2-4-15(13)18-16(14)19/h1-10,14H,(H,18,19). The minimum atomic E-state index is -0.195. The maximum Gasteiger partial charge on any atom is 0.235 e. The number of amides is 1. The SMILES string of the molecule is O=C1Nc2ccccc2C1C=Cc1ccc(Br)cc1. The Labute approximate surface area is 120 Å². The maximum absolute atomic E-state index is 11.9. The molecule has 1 heterocycles. The first-order valence-electron chi connectivity index (χ1n) is 6.07. The second-order valence-corrected chi connectivity index (χ2v) is 5.38. The molecular formula is C16H12BrNO. The monoisotopic (exact) mass is 313 g/mol. The lowest BCUT2D eigenvalue weighted by molar-refractivity contribution is -0.116. The Bertz CT molecular complexity index is 646. The fourth-order valence-corrected chi connectivity index (χ4v) is 2.47. The summed E-state index contributed by atoms with van der Waals surface area (Å²) in [5.74, 6) is -0.158. The molecule has 1 aliphatic heterocycles. The second-order valence-electron chi connectivity index (χ2n) is 4.46. The number of rotatable bonds is 2. The van der Waals surface area contributed by atoms with Gasteiger partial charge in [0.2, 0.25) is 5.91 Å². The molecule has 1 unspecified atom stereocenters. The number of carbonyl (C=O) groups is 1. The van der Waals surface area contributed by atoms with E-state index in [1.165, 1.54) is 0 Å². The molecule has 0 radical (unpaired) electrons. The molecule has 19 heavy (non-hydrogen) atoms. The van der Waals surface area contributed by atoms with Gasteiger partial charge in [-0.15, -0.1) is 0 Å². The molecule has 2 aromatic rings. The van der Waals surface area contributed by atoms with Gasteiger partial charge < -0.3 is 5.32 Å². The molecule has 1 atom stereocenters. The van der Waals surface area contributed by atoms with Crippen LogP contribution in [0.25, 0.3) is 6.08 Å². The van der Waals surface area contributed by atoms with E-state index in [1.54, 1.807) is 0 Å². The fourth-order valence-electron chi connectivity index (χ4n) is 2.21. The second kappa shape index (κ2) is 5.02. The number of hydrogen-bond acceptors (Lipinski definition) is 1. The Morgan fingerprint density at radius 2 is 1.79 bits per heavy atom. The van der Waals surface area contributed by atoms with Crippen molar-refractivity contribution >= 4 is 33.6 Å². The molecule has 3 heteroatoms. The van der Waals surface area contributed by atoms with Crippen LogP contribution in [0.1, 0.15) is 17.0 Å². The van der Waals surface area contributed by atoms with Crippen LogP contribution < -0.4 is 5.32 Å². The summed E-state index contributed by atoms with van der Waals surface area (Å²) in [4.78, 5) is 11.9. The molecule has 0 spiro atoms. The number of anilines is 1. The summed E-state index contributed by atoms with van der Waals surface area (Å²) in [6.45, 7) is 0. The number of hydrogen-bond donors (Lipinski definition) is 1. The van der Waals surface area contributed by atoms with E-state index in [9.17, 15) is 4.79 Å². The zero-order valence-electron chi connectivity index (χ0n) is 10.1. The largest absolute Gasteiger partial charge is 0.325 e. The van der Waals surface area contributed by atoms with Crippen molar-refractivity contribution in [3.05, 3.63) is 70.2 Å². The van der Waals surface area contributed by atoms with Gasteiger partial charge in [0.25, 0.3) is 0 Å². The van der Waals surface area contributed by atoms with Gasteiger partial charge in [-0.1, -0.05) is 58.4 Å². The number of para-hydroxylation sites is 1. The molecule has 0 aliphatic carbocycles. The lowest BCUT2D eigenvalue weighted by Gasteiger charge is -2.02. The third-order valence-electron chi connectivity index (χ3n) is 3.19. The number of carbonyl (C=O) groups excluding carboxylic acids is 1. The Balaban J connectivity index is 1.87. The summed E-state index contributed by atoms with van der Waals surface area (Å²) >= 11 is 3.41. The predicted molar refractivity (Wildman–Crippen MR) is 81.0 cm³/mol. The molecule has 1 amide bonds. The summed E-state index contributed by atoms with van der Waals surface area (Å²) in [7, 11) is 0. The summed E-state index contributed by atoms with van der Waals surface area (Å²) in [6, 6.07) is 15.8. The predicted octanol–water partition coefficient (Wildman–Crippen LogP) is 4.20. The lowest BCUT2D eigenvalue weighted by Crippen LogP contribution is -2.09. The van der Waals surface area contributed by atoms with Crippen LogP contribution in [0.15, 0.2) is 59.1 Å². The number of nitrogens with one attached hydrogen (secondary N) is 1. The van der Waals surface area contributed by atoms with Gasteiger partial charge in [0.05, 0.1) is 5.92 Å². The van der Waals surface area contributed by atoms with Gasteiger partial charge in [-0.05, 0) is 29.3 Å². The number of fused-ring (bicyclic) bond motifs is 1. The van der Waals surface area contributed by atoms with E-state index in [2.05, 4.69) is 21.2 Å².